The standard InChI is InChI=1S/C19H28N2O5/c1-12-7-13(2)9-20(8-12)16(22)11-26-17(23)10-21-18(24)14-5-3-4-6-15(14)19(21)25/h12-15H,3-11H2,1-2H3. The summed E-state index contributed by atoms with van der Waals surface area (Å²) in [6.45, 7) is 4.84. The molecule has 0 aromatic rings. The lowest BCUT2D eigenvalue weighted by atomic mass is 9.81. The van der Waals surface area contributed by atoms with Crippen LogP contribution < -0.4 is 0 Å². The molecular formula is C19H28N2O5. The molecule has 2 aliphatic heterocycles. The van der Waals surface area contributed by atoms with E-state index in [9.17, 15) is 19.2 Å². The summed E-state index contributed by atoms with van der Waals surface area (Å²) in [6, 6.07) is 0. The molecule has 7 heteroatoms. The molecule has 3 amide bonds. The average molecular weight is 364 g/mol. The first-order chi connectivity index (χ1) is 12.4. The van der Waals surface area contributed by atoms with Gasteiger partial charge in [0, 0.05) is 13.1 Å². The second-order valence-electron chi connectivity index (χ2n) is 8.17. The van der Waals surface area contributed by atoms with Crippen LogP contribution in [-0.4, -0.2) is 59.7 Å². The van der Waals surface area contributed by atoms with Gasteiger partial charge in [-0.3, -0.25) is 24.1 Å². The number of nitrogens with zero attached hydrogens (tertiary/aromatic N) is 2. The Morgan fingerprint density at radius 3 is 2.08 bits per heavy atom. The molecule has 0 spiro atoms. The SMILES string of the molecule is CC1CC(C)CN(C(=O)COC(=O)CN2C(=O)C3CCCCC3C2=O)C1. The maximum absolute atomic E-state index is 12.4. The van der Waals surface area contributed by atoms with Crippen LogP contribution in [0.1, 0.15) is 46.0 Å². The second kappa shape index (κ2) is 7.76. The smallest absolute Gasteiger partial charge is 0.326 e. The van der Waals surface area contributed by atoms with Crippen LogP contribution in [0.15, 0.2) is 0 Å². The summed E-state index contributed by atoms with van der Waals surface area (Å²) < 4.78 is 5.06. The van der Waals surface area contributed by atoms with E-state index in [1.54, 1.807) is 4.90 Å². The number of likely N-dealkylation sites (tertiary alicyclic amines) is 2. The lowest BCUT2D eigenvalue weighted by Crippen LogP contribution is -2.45. The van der Waals surface area contributed by atoms with Gasteiger partial charge in [0.25, 0.3) is 5.91 Å². The molecule has 3 aliphatic rings. The van der Waals surface area contributed by atoms with Gasteiger partial charge in [-0.2, -0.15) is 0 Å². The molecule has 7 nitrogen and oxygen atoms in total. The van der Waals surface area contributed by atoms with Gasteiger partial charge in [0.1, 0.15) is 6.54 Å². The van der Waals surface area contributed by atoms with Gasteiger partial charge in [0.2, 0.25) is 11.8 Å². The highest BCUT2D eigenvalue weighted by Crippen LogP contribution is 2.37. The summed E-state index contributed by atoms with van der Waals surface area (Å²) in [5.74, 6) is -1.13. The molecule has 3 fully saturated rings. The van der Waals surface area contributed by atoms with Gasteiger partial charge in [-0.1, -0.05) is 26.7 Å². The predicted octanol–water partition coefficient (Wildman–Crippen LogP) is 1.21. The Balaban J connectivity index is 1.49. The number of ether oxygens (including phenoxy) is 1. The normalized spacial score (nSPS) is 31.8. The zero-order valence-electron chi connectivity index (χ0n) is 15.6. The minimum Gasteiger partial charge on any atom is -0.454 e. The van der Waals surface area contributed by atoms with E-state index in [1.165, 1.54) is 0 Å². The van der Waals surface area contributed by atoms with Gasteiger partial charge in [-0.15, -0.1) is 0 Å². The predicted molar refractivity (Wildman–Crippen MR) is 92.7 cm³/mol. The average Bonchev–Trinajstić information content (AvgIpc) is 2.84. The van der Waals surface area contributed by atoms with Gasteiger partial charge in [-0.25, -0.2) is 0 Å². The summed E-state index contributed by atoms with van der Waals surface area (Å²) in [7, 11) is 0. The summed E-state index contributed by atoms with van der Waals surface area (Å²) in [4.78, 5) is 51.8. The molecule has 2 saturated heterocycles. The third-order valence-electron chi connectivity index (χ3n) is 5.80. The Hall–Kier alpha value is -1.92. The fourth-order valence-corrected chi connectivity index (χ4v) is 4.66. The lowest BCUT2D eigenvalue weighted by molar-refractivity contribution is -0.157. The Morgan fingerprint density at radius 2 is 1.54 bits per heavy atom. The van der Waals surface area contributed by atoms with Crippen molar-refractivity contribution in [1.29, 1.82) is 0 Å². The highest BCUT2D eigenvalue weighted by atomic mass is 16.5. The molecule has 3 rings (SSSR count). The topological polar surface area (TPSA) is 84.0 Å². The highest BCUT2D eigenvalue weighted by molar-refractivity contribution is 6.07. The van der Waals surface area contributed by atoms with Crippen LogP contribution in [0, 0.1) is 23.7 Å². The number of carbonyl (C=O) groups excluding carboxylic acids is 4. The number of piperidine rings is 1. The Bertz CT molecular complexity index is 571. The lowest BCUT2D eigenvalue weighted by Gasteiger charge is -2.34. The summed E-state index contributed by atoms with van der Waals surface area (Å²) >= 11 is 0. The maximum Gasteiger partial charge on any atom is 0.326 e. The molecule has 144 valence electrons. The third kappa shape index (κ3) is 3.91. The zero-order valence-corrected chi connectivity index (χ0v) is 15.6. The fourth-order valence-electron chi connectivity index (χ4n) is 4.66. The molecule has 26 heavy (non-hydrogen) atoms. The largest absolute Gasteiger partial charge is 0.454 e. The van der Waals surface area contributed by atoms with Crippen molar-refractivity contribution >= 4 is 23.7 Å². The molecule has 0 aromatic carbocycles. The van der Waals surface area contributed by atoms with E-state index < -0.39 is 5.97 Å². The number of hydrogen-bond donors (Lipinski definition) is 0. The van der Waals surface area contributed by atoms with Crippen molar-refractivity contribution < 1.29 is 23.9 Å². The van der Waals surface area contributed by atoms with Crippen molar-refractivity contribution in [3.63, 3.8) is 0 Å². The van der Waals surface area contributed by atoms with Crippen LogP contribution in [0.3, 0.4) is 0 Å². The number of hydrogen-bond acceptors (Lipinski definition) is 5. The van der Waals surface area contributed by atoms with Gasteiger partial charge in [0.05, 0.1) is 11.8 Å². The Kier molecular flexibility index (Phi) is 5.63. The number of imide groups is 1. The van der Waals surface area contributed by atoms with Crippen molar-refractivity contribution in [1.82, 2.24) is 9.80 Å². The molecule has 1 aliphatic carbocycles. The summed E-state index contributed by atoms with van der Waals surface area (Å²) in [5.41, 5.74) is 0. The van der Waals surface area contributed by atoms with Gasteiger partial charge >= 0.3 is 5.97 Å². The van der Waals surface area contributed by atoms with Crippen LogP contribution in [-0.2, 0) is 23.9 Å². The van der Waals surface area contributed by atoms with Crippen LogP contribution in [0.25, 0.3) is 0 Å². The van der Waals surface area contributed by atoms with Crippen molar-refractivity contribution in [2.45, 2.75) is 46.0 Å². The molecule has 0 bridgehead atoms. The van der Waals surface area contributed by atoms with E-state index >= 15 is 0 Å². The number of carbonyl (C=O) groups is 4. The van der Waals surface area contributed by atoms with E-state index in [4.69, 9.17) is 4.74 Å². The van der Waals surface area contributed by atoms with Crippen LogP contribution >= 0.6 is 0 Å². The first kappa shape index (κ1) is 18.9. The van der Waals surface area contributed by atoms with Crippen molar-refractivity contribution in [3.05, 3.63) is 0 Å². The Labute approximate surface area is 154 Å². The number of fused-ring (bicyclic) bond motifs is 1. The molecule has 0 N–H and O–H groups in total. The van der Waals surface area contributed by atoms with Crippen molar-refractivity contribution in [2.24, 2.45) is 23.7 Å². The quantitative estimate of drug-likeness (QED) is 0.553. The first-order valence-corrected chi connectivity index (χ1v) is 9.65. The molecule has 4 atom stereocenters. The van der Waals surface area contributed by atoms with E-state index in [-0.39, 0.29) is 42.7 Å². The van der Waals surface area contributed by atoms with E-state index in [0.717, 1.165) is 24.2 Å². The summed E-state index contributed by atoms with van der Waals surface area (Å²) in [5, 5.41) is 0. The number of esters is 1. The molecule has 0 radical (unpaired) electrons. The molecular weight excluding hydrogens is 336 g/mol. The fraction of sp³-hybridized carbons (Fsp3) is 0.789. The van der Waals surface area contributed by atoms with Crippen LogP contribution in [0.5, 0.6) is 0 Å². The first-order valence-electron chi connectivity index (χ1n) is 9.65. The molecule has 1 saturated carbocycles. The monoisotopic (exact) mass is 364 g/mol. The highest BCUT2D eigenvalue weighted by Gasteiger charge is 2.48. The van der Waals surface area contributed by atoms with Gasteiger partial charge in [0.15, 0.2) is 6.61 Å². The van der Waals surface area contributed by atoms with Gasteiger partial charge < -0.3 is 9.64 Å². The van der Waals surface area contributed by atoms with E-state index in [2.05, 4.69) is 13.8 Å². The molecule has 0 aromatic heterocycles. The second-order valence-corrected chi connectivity index (χ2v) is 8.17. The minimum atomic E-state index is -0.697. The minimum absolute atomic E-state index is 0.218. The number of rotatable bonds is 4. The Morgan fingerprint density at radius 1 is 1.00 bits per heavy atom. The maximum atomic E-state index is 12.4. The summed E-state index contributed by atoms with van der Waals surface area (Å²) in [6.07, 6.45) is 4.40. The van der Waals surface area contributed by atoms with E-state index in [1.807, 2.05) is 0 Å². The molecule has 4 unspecified atom stereocenters. The van der Waals surface area contributed by atoms with Crippen LogP contribution in [0.2, 0.25) is 0 Å². The van der Waals surface area contributed by atoms with E-state index in [0.29, 0.717) is 37.8 Å². The number of amides is 3. The zero-order chi connectivity index (χ0) is 18.8. The van der Waals surface area contributed by atoms with Gasteiger partial charge in [-0.05, 0) is 31.1 Å². The van der Waals surface area contributed by atoms with Crippen molar-refractivity contribution in [2.75, 3.05) is 26.2 Å². The molecule has 2 heterocycles. The third-order valence-corrected chi connectivity index (χ3v) is 5.80. The van der Waals surface area contributed by atoms with Crippen LogP contribution in [0.4, 0.5) is 0 Å². The van der Waals surface area contributed by atoms with Crippen molar-refractivity contribution in [3.8, 4) is 0 Å².